The topological polar surface area (TPSA) is 26.0 Å². The molecular weight excluding hydrogens is 206 g/mol. The molecule has 0 radical (unpaired) electrons. The third-order valence-corrected chi connectivity index (χ3v) is 6.58. The first-order chi connectivity index (χ1) is 8.13. The fraction of sp³-hybridized carbons (Fsp3) is 1.00. The van der Waals surface area contributed by atoms with E-state index in [1.54, 1.807) is 32.1 Å². The van der Waals surface area contributed by atoms with Crippen LogP contribution >= 0.6 is 0 Å². The fourth-order valence-electron chi connectivity index (χ4n) is 6.04. The van der Waals surface area contributed by atoms with Crippen LogP contribution in [-0.4, -0.2) is 5.54 Å². The molecule has 5 fully saturated rings. The van der Waals surface area contributed by atoms with Crippen LogP contribution in [0.2, 0.25) is 0 Å². The van der Waals surface area contributed by atoms with Crippen molar-refractivity contribution in [1.82, 2.24) is 0 Å². The summed E-state index contributed by atoms with van der Waals surface area (Å²) in [4.78, 5) is 0. The van der Waals surface area contributed by atoms with E-state index in [0.29, 0.717) is 0 Å². The van der Waals surface area contributed by atoms with Gasteiger partial charge in [-0.1, -0.05) is 6.92 Å². The van der Waals surface area contributed by atoms with Gasteiger partial charge in [0.05, 0.1) is 0 Å². The molecule has 2 N–H and O–H groups in total. The summed E-state index contributed by atoms with van der Waals surface area (Å²) in [6.07, 6.45) is 11.8. The van der Waals surface area contributed by atoms with Crippen molar-refractivity contribution < 1.29 is 0 Å². The van der Waals surface area contributed by atoms with Crippen LogP contribution in [0.4, 0.5) is 0 Å². The van der Waals surface area contributed by atoms with Gasteiger partial charge >= 0.3 is 0 Å². The summed E-state index contributed by atoms with van der Waals surface area (Å²) in [6.45, 7) is 2.51. The van der Waals surface area contributed by atoms with Crippen molar-refractivity contribution >= 4 is 0 Å². The van der Waals surface area contributed by atoms with Crippen molar-refractivity contribution in [1.29, 1.82) is 0 Å². The van der Waals surface area contributed by atoms with Gasteiger partial charge in [0.25, 0.3) is 0 Å². The molecule has 0 aliphatic heterocycles. The number of nitrogens with two attached hydrogens (primary N) is 1. The Bertz CT molecular complexity index is 289. The van der Waals surface area contributed by atoms with Crippen molar-refractivity contribution in [3.05, 3.63) is 0 Å². The van der Waals surface area contributed by atoms with Gasteiger partial charge in [-0.2, -0.15) is 0 Å². The Hall–Kier alpha value is -0.0400. The smallest absolute Gasteiger partial charge is 0.0158 e. The third kappa shape index (κ3) is 1.77. The molecule has 0 amide bonds. The predicted molar refractivity (Wildman–Crippen MR) is 70.5 cm³/mol. The maximum absolute atomic E-state index is 6.34. The van der Waals surface area contributed by atoms with Crippen LogP contribution < -0.4 is 5.73 Å². The highest BCUT2D eigenvalue weighted by atomic mass is 14.8. The average Bonchev–Trinajstić information content (AvgIpc) is 2.93. The van der Waals surface area contributed by atoms with Gasteiger partial charge in [-0.15, -0.1) is 0 Å². The lowest BCUT2D eigenvalue weighted by Crippen LogP contribution is -2.48. The van der Waals surface area contributed by atoms with Crippen LogP contribution in [0.15, 0.2) is 0 Å². The van der Waals surface area contributed by atoms with E-state index in [4.69, 9.17) is 5.73 Å². The van der Waals surface area contributed by atoms with Crippen molar-refractivity contribution in [2.75, 3.05) is 0 Å². The van der Waals surface area contributed by atoms with Crippen LogP contribution in [0.5, 0.6) is 0 Å². The summed E-state index contributed by atoms with van der Waals surface area (Å²) in [5, 5.41) is 0. The Kier molecular flexibility index (Phi) is 2.23. The maximum atomic E-state index is 6.34. The lowest BCUT2D eigenvalue weighted by atomic mass is 9.49. The normalized spacial score (nSPS) is 51.5. The van der Waals surface area contributed by atoms with E-state index < -0.39 is 0 Å². The Labute approximate surface area is 106 Å². The van der Waals surface area contributed by atoms with Gasteiger partial charge in [0.2, 0.25) is 0 Å². The second-order valence-corrected chi connectivity index (χ2v) is 8.05. The zero-order valence-corrected chi connectivity index (χ0v) is 11.2. The highest BCUT2D eigenvalue weighted by Gasteiger charge is 2.51. The van der Waals surface area contributed by atoms with E-state index in [0.717, 1.165) is 35.5 Å². The van der Waals surface area contributed by atoms with Crippen molar-refractivity contribution in [3.63, 3.8) is 0 Å². The van der Waals surface area contributed by atoms with Gasteiger partial charge in [0.1, 0.15) is 0 Å². The second kappa shape index (κ2) is 3.50. The lowest BCUT2D eigenvalue weighted by Gasteiger charge is -2.56. The summed E-state index contributed by atoms with van der Waals surface area (Å²) in [6, 6.07) is 0. The minimum Gasteiger partial charge on any atom is -0.325 e. The van der Waals surface area contributed by atoms with Gasteiger partial charge < -0.3 is 5.73 Å². The van der Waals surface area contributed by atoms with E-state index in [1.165, 1.54) is 19.3 Å². The molecule has 1 atom stereocenters. The number of rotatable bonds is 3. The zero-order chi connectivity index (χ0) is 11.6. The Morgan fingerprint density at radius 1 is 1.00 bits per heavy atom. The summed E-state index contributed by atoms with van der Waals surface area (Å²) < 4.78 is 0. The van der Waals surface area contributed by atoms with Crippen LogP contribution in [0.25, 0.3) is 0 Å². The van der Waals surface area contributed by atoms with Crippen LogP contribution in [0, 0.1) is 35.5 Å². The monoisotopic (exact) mass is 233 g/mol. The largest absolute Gasteiger partial charge is 0.325 e. The van der Waals surface area contributed by atoms with Gasteiger partial charge in [-0.3, -0.25) is 0 Å². The molecule has 5 rings (SSSR count). The number of hydrogen-bond acceptors (Lipinski definition) is 1. The standard InChI is InChI=1S/C16H27N/c1-10(9-16(17)2-3-16)15-13-5-11-4-12(7-13)8-14(15)6-11/h10-15H,2-9,17H2,1H3. The van der Waals surface area contributed by atoms with Gasteiger partial charge in [0.15, 0.2) is 0 Å². The van der Waals surface area contributed by atoms with Crippen LogP contribution in [-0.2, 0) is 0 Å². The quantitative estimate of drug-likeness (QED) is 0.792. The zero-order valence-electron chi connectivity index (χ0n) is 11.2. The fourth-order valence-corrected chi connectivity index (χ4v) is 6.04. The first kappa shape index (κ1) is 10.8. The molecule has 1 unspecified atom stereocenters. The van der Waals surface area contributed by atoms with Crippen LogP contribution in [0.1, 0.15) is 58.3 Å². The van der Waals surface area contributed by atoms with Crippen molar-refractivity contribution in [3.8, 4) is 0 Å². The molecule has 0 heterocycles. The molecule has 17 heavy (non-hydrogen) atoms. The molecule has 5 aliphatic rings. The maximum Gasteiger partial charge on any atom is 0.0158 e. The van der Waals surface area contributed by atoms with Crippen molar-refractivity contribution in [2.45, 2.75) is 63.8 Å². The first-order valence-electron chi connectivity index (χ1n) is 7.92. The number of hydrogen-bond donors (Lipinski definition) is 1. The van der Waals surface area contributed by atoms with E-state index in [9.17, 15) is 0 Å². The molecule has 0 aromatic heterocycles. The molecule has 0 aromatic carbocycles. The Balaban J connectivity index is 1.50. The lowest BCUT2D eigenvalue weighted by molar-refractivity contribution is -0.0610. The summed E-state index contributed by atoms with van der Waals surface area (Å²) in [5.74, 6) is 6.36. The van der Waals surface area contributed by atoms with Gasteiger partial charge in [0, 0.05) is 5.54 Å². The molecule has 5 aliphatic carbocycles. The van der Waals surface area contributed by atoms with E-state index in [-0.39, 0.29) is 5.54 Å². The molecule has 5 saturated carbocycles. The molecule has 1 nitrogen and oxygen atoms in total. The minimum absolute atomic E-state index is 0.272. The molecule has 0 saturated heterocycles. The Morgan fingerprint density at radius 3 is 2.00 bits per heavy atom. The molecule has 0 spiro atoms. The van der Waals surface area contributed by atoms with Crippen LogP contribution in [0.3, 0.4) is 0 Å². The molecule has 1 heteroatoms. The minimum atomic E-state index is 0.272. The molecule has 0 aromatic rings. The molecule has 4 bridgehead atoms. The molecule has 96 valence electrons. The summed E-state index contributed by atoms with van der Waals surface area (Å²) in [5.41, 5.74) is 6.61. The SMILES string of the molecule is CC(CC1(N)CC1)C1C2CC3CC(C2)CC1C3. The van der Waals surface area contributed by atoms with Crippen molar-refractivity contribution in [2.24, 2.45) is 41.2 Å². The van der Waals surface area contributed by atoms with E-state index in [1.807, 2.05) is 0 Å². The first-order valence-corrected chi connectivity index (χ1v) is 7.92. The van der Waals surface area contributed by atoms with E-state index >= 15 is 0 Å². The highest BCUT2D eigenvalue weighted by Crippen LogP contribution is 2.59. The predicted octanol–water partition coefficient (Wildman–Crippen LogP) is 3.58. The van der Waals surface area contributed by atoms with Gasteiger partial charge in [-0.05, 0) is 86.9 Å². The average molecular weight is 233 g/mol. The van der Waals surface area contributed by atoms with E-state index in [2.05, 4.69) is 6.92 Å². The second-order valence-electron chi connectivity index (χ2n) is 8.05. The summed E-state index contributed by atoms with van der Waals surface area (Å²) in [7, 11) is 0. The molecular formula is C16H27N. The Morgan fingerprint density at radius 2 is 1.53 bits per heavy atom. The van der Waals surface area contributed by atoms with Gasteiger partial charge in [-0.25, -0.2) is 0 Å². The highest BCUT2D eigenvalue weighted by molar-refractivity contribution is 5.04. The summed E-state index contributed by atoms with van der Waals surface area (Å²) >= 11 is 0. The third-order valence-electron chi connectivity index (χ3n) is 6.58.